The molecule has 1 rings (SSSR count). The van der Waals surface area contributed by atoms with E-state index in [1.807, 2.05) is 13.8 Å². The SMILES string of the molecule is CC(C)OCCOc1ncnc(Cl)c1N. The lowest BCUT2D eigenvalue weighted by molar-refractivity contribution is 0.0544. The molecule has 1 aromatic rings. The molecule has 0 aromatic carbocycles. The van der Waals surface area contributed by atoms with Crippen molar-refractivity contribution in [3.63, 3.8) is 0 Å². The van der Waals surface area contributed by atoms with Gasteiger partial charge in [-0.3, -0.25) is 0 Å². The third-order valence-electron chi connectivity index (χ3n) is 1.57. The Hall–Kier alpha value is -1.07. The number of rotatable bonds is 5. The van der Waals surface area contributed by atoms with Gasteiger partial charge in [0.25, 0.3) is 0 Å². The number of halogens is 1. The maximum absolute atomic E-state index is 5.69. The van der Waals surface area contributed by atoms with Crippen molar-refractivity contribution in [3.05, 3.63) is 11.5 Å². The molecule has 0 saturated carbocycles. The second kappa shape index (κ2) is 5.72. The van der Waals surface area contributed by atoms with Gasteiger partial charge in [-0.25, -0.2) is 4.98 Å². The molecule has 0 spiro atoms. The third-order valence-corrected chi connectivity index (χ3v) is 1.87. The van der Waals surface area contributed by atoms with Crippen molar-refractivity contribution in [2.24, 2.45) is 0 Å². The van der Waals surface area contributed by atoms with Crippen LogP contribution in [0.4, 0.5) is 5.69 Å². The van der Waals surface area contributed by atoms with Crippen molar-refractivity contribution in [3.8, 4) is 5.88 Å². The van der Waals surface area contributed by atoms with Crippen LogP contribution < -0.4 is 10.5 Å². The first-order valence-corrected chi connectivity index (χ1v) is 4.99. The average molecular weight is 232 g/mol. The van der Waals surface area contributed by atoms with Gasteiger partial charge >= 0.3 is 0 Å². The summed E-state index contributed by atoms with van der Waals surface area (Å²) >= 11 is 5.69. The molecular weight excluding hydrogens is 218 g/mol. The Labute approximate surface area is 93.6 Å². The van der Waals surface area contributed by atoms with Gasteiger partial charge in [0.1, 0.15) is 18.6 Å². The van der Waals surface area contributed by atoms with Gasteiger partial charge in [-0.1, -0.05) is 11.6 Å². The first-order valence-electron chi connectivity index (χ1n) is 4.61. The first-order chi connectivity index (χ1) is 7.11. The van der Waals surface area contributed by atoms with Crippen LogP contribution in [0.25, 0.3) is 0 Å². The topological polar surface area (TPSA) is 70.3 Å². The highest BCUT2D eigenvalue weighted by molar-refractivity contribution is 6.32. The minimum absolute atomic E-state index is 0.180. The Morgan fingerprint density at radius 3 is 2.80 bits per heavy atom. The second-order valence-electron chi connectivity index (χ2n) is 3.15. The predicted molar refractivity (Wildman–Crippen MR) is 58.0 cm³/mol. The monoisotopic (exact) mass is 231 g/mol. The normalized spacial score (nSPS) is 10.7. The summed E-state index contributed by atoms with van der Waals surface area (Å²) in [5.41, 5.74) is 5.86. The highest BCUT2D eigenvalue weighted by Gasteiger charge is 2.06. The maximum Gasteiger partial charge on any atom is 0.241 e. The molecule has 1 heterocycles. The molecule has 0 radical (unpaired) electrons. The maximum atomic E-state index is 5.69. The van der Waals surface area contributed by atoms with Gasteiger partial charge in [-0.05, 0) is 13.8 Å². The van der Waals surface area contributed by atoms with Gasteiger partial charge in [-0.15, -0.1) is 0 Å². The van der Waals surface area contributed by atoms with Crippen LogP contribution in [0, 0.1) is 0 Å². The van der Waals surface area contributed by atoms with E-state index in [2.05, 4.69) is 9.97 Å². The fourth-order valence-electron chi connectivity index (χ4n) is 0.896. The lowest BCUT2D eigenvalue weighted by Gasteiger charge is -2.09. The molecule has 0 bridgehead atoms. The minimum Gasteiger partial charge on any atom is -0.474 e. The lowest BCUT2D eigenvalue weighted by Crippen LogP contribution is -2.12. The van der Waals surface area contributed by atoms with Crippen molar-refractivity contribution in [2.45, 2.75) is 20.0 Å². The van der Waals surface area contributed by atoms with Gasteiger partial charge in [0.15, 0.2) is 5.15 Å². The fourth-order valence-corrected chi connectivity index (χ4v) is 1.02. The molecule has 5 nitrogen and oxygen atoms in total. The molecule has 1 aromatic heterocycles. The number of hydrogen-bond acceptors (Lipinski definition) is 5. The molecule has 0 amide bonds. The molecule has 2 N–H and O–H groups in total. The van der Waals surface area contributed by atoms with Crippen LogP contribution >= 0.6 is 11.6 Å². The average Bonchev–Trinajstić information content (AvgIpc) is 2.18. The molecule has 0 saturated heterocycles. The van der Waals surface area contributed by atoms with Crippen molar-refractivity contribution < 1.29 is 9.47 Å². The molecule has 84 valence electrons. The Morgan fingerprint density at radius 2 is 2.13 bits per heavy atom. The van der Waals surface area contributed by atoms with Crippen LogP contribution in [0.15, 0.2) is 6.33 Å². The number of ether oxygens (including phenoxy) is 2. The summed E-state index contributed by atoms with van der Waals surface area (Å²) in [7, 11) is 0. The van der Waals surface area contributed by atoms with E-state index in [1.54, 1.807) is 0 Å². The highest BCUT2D eigenvalue weighted by atomic mass is 35.5. The summed E-state index contributed by atoms with van der Waals surface area (Å²) in [6.45, 7) is 4.78. The van der Waals surface area contributed by atoms with E-state index in [4.69, 9.17) is 26.8 Å². The zero-order chi connectivity index (χ0) is 11.3. The van der Waals surface area contributed by atoms with Gasteiger partial charge < -0.3 is 15.2 Å². The van der Waals surface area contributed by atoms with Crippen molar-refractivity contribution in [1.29, 1.82) is 0 Å². The van der Waals surface area contributed by atoms with E-state index in [0.29, 0.717) is 19.1 Å². The zero-order valence-corrected chi connectivity index (χ0v) is 9.49. The third kappa shape index (κ3) is 3.89. The Balaban J connectivity index is 2.41. The van der Waals surface area contributed by atoms with Gasteiger partial charge in [0, 0.05) is 0 Å². The van der Waals surface area contributed by atoms with Crippen molar-refractivity contribution in [2.75, 3.05) is 18.9 Å². The van der Waals surface area contributed by atoms with E-state index >= 15 is 0 Å². The smallest absolute Gasteiger partial charge is 0.241 e. The number of aromatic nitrogens is 2. The Bertz CT molecular complexity index is 320. The van der Waals surface area contributed by atoms with Crippen LogP contribution in [-0.4, -0.2) is 29.3 Å². The minimum atomic E-state index is 0.180. The summed E-state index contributed by atoms with van der Waals surface area (Å²) in [4.78, 5) is 7.57. The largest absolute Gasteiger partial charge is 0.474 e. The molecule has 0 aliphatic rings. The lowest BCUT2D eigenvalue weighted by atomic mass is 10.5. The quantitative estimate of drug-likeness (QED) is 0.615. The number of nitrogens with two attached hydrogens (primary N) is 1. The Kier molecular flexibility index (Phi) is 4.58. The van der Waals surface area contributed by atoms with E-state index in [-0.39, 0.29) is 16.9 Å². The number of nitrogens with zero attached hydrogens (tertiary/aromatic N) is 2. The van der Waals surface area contributed by atoms with E-state index in [1.165, 1.54) is 6.33 Å². The summed E-state index contributed by atoms with van der Waals surface area (Å²) in [6, 6.07) is 0. The molecular formula is C9H14ClN3O2. The van der Waals surface area contributed by atoms with Crippen LogP contribution in [0.5, 0.6) is 5.88 Å². The van der Waals surface area contributed by atoms with Crippen molar-refractivity contribution in [1.82, 2.24) is 9.97 Å². The Morgan fingerprint density at radius 1 is 1.40 bits per heavy atom. The van der Waals surface area contributed by atoms with E-state index < -0.39 is 0 Å². The number of anilines is 1. The zero-order valence-electron chi connectivity index (χ0n) is 8.74. The molecule has 0 aliphatic carbocycles. The summed E-state index contributed by atoms with van der Waals surface area (Å²) in [5.74, 6) is 0.294. The number of hydrogen-bond donors (Lipinski definition) is 1. The fraction of sp³-hybridized carbons (Fsp3) is 0.556. The van der Waals surface area contributed by atoms with Crippen molar-refractivity contribution >= 4 is 17.3 Å². The van der Waals surface area contributed by atoms with Crippen LogP contribution in [0.2, 0.25) is 5.15 Å². The molecule has 0 unspecified atom stereocenters. The van der Waals surface area contributed by atoms with Crippen LogP contribution in [0.3, 0.4) is 0 Å². The molecule has 0 fully saturated rings. The number of nitrogen functional groups attached to an aromatic ring is 1. The first kappa shape index (κ1) is 12.0. The summed E-state index contributed by atoms with van der Waals surface area (Å²) in [5, 5.41) is 0.199. The van der Waals surface area contributed by atoms with E-state index in [9.17, 15) is 0 Å². The second-order valence-corrected chi connectivity index (χ2v) is 3.51. The highest BCUT2D eigenvalue weighted by Crippen LogP contribution is 2.23. The predicted octanol–water partition coefficient (Wildman–Crippen LogP) is 1.52. The molecule has 6 heteroatoms. The molecule has 0 atom stereocenters. The summed E-state index contributed by atoms with van der Waals surface area (Å²) in [6.07, 6.45) is 1.48. The van der Waals surface area contributed by atoms with E-state index in [0.717, 1.165) is 0 Å². The standard InChI is InChI=1S/C9H14ClN3O2/c1-6(2)14-3-4-15-9-7(11)8(10)12-5-13-9/h5-6H,3-4,11H2,1-2H3. The molecule has 15 heavy (non-hydrogen) atoms. The van der Waals surface area contributed by atoms with Gasteiger partial charge in [0.05, 0.1) is 12.7 Å². The molecule has 0 aliphatic heterocycles. The van der Waals surface area contributed by atoms with Gasteiger partial charge in [-0.2, -0.15) is 4.98 Å². The van der Waals surface area contributed by atoms with Crippen LogP contribution in [0.1, 0.15) is 13.8 Å². The summed E-state index contributed by atoms with van der Waals surface area (Å²) < 4.78 is 10.6. The van der Waals surface area contributed by atoms with Crippen LogP contribution in [-0.2, 0) is 4.74 Å². The van der Waals surface area contributed by atoms with Gasteiger partial charge in [0.2, 0.25) is 5.88 Å².